The van der Waals surface area contributed by atoms with Crippen LogP contribution in [0.1, 0.15) is 0 Å². The Morgan fingerprint density at radius 1 is 1.57 bits per heavy atom. The lowest BCUT2D eigenvalue weighted by Crippen LogP contribution is -1.95. The number of anilines is 1. The predicted octanol–water partition coefficient (Wildman–Crippen LogP) is 3.15. The predicted molar refractivity (Wildman–Crippen MR) is 60.6 cm³/mol. The summed E-state index contributed by atoms with van der Waals surface area (Å²) in [6.07, 6.45) is 0. The van der Waals surface area contributed by atoms with Gasteiger partial charge in [-0.15, -0.1) is 11.3 Å². The Balaban J connectivity index is 2.93. The lowest BCUT2D eigenvalue weighted by Gasteiger charge is -2.00. The molecule has 0 aliphatic rings. The minimum absolute atomic E-state index is 0.00977. The summed E-state index contributed by atoms with van der Waals surface area (Å²) in [6.45, 7) is 0. The maximum Gasteiger partial charge on any atom is 0.300 e. The second-order valence-electron chi connectivity index (χ2n) is 2.72. The van der Waals surface area contributed by atoms with Crippen molar-refractivity contribution in [2.75, 3.05) is 5.73 Å². The lowest BCUT2D eigenvalue weighted by molar-refractivity contribution is -0.382. The molecule has 0 aliphatic heterocycles. The molecule has 0 aliphatic carbocycles. The molecule has 1 aromatic carbocycles. The van der Waals surface area contributed by atoms with Gasteiger partial charge in [0.2, 0.25) is 0 Å². The topological polar surface area (TPSA) is 69.2 Å². The molecule has 0 bridgehead atoms. The molecule has 4 nitrogen and oxygen atoms in total. The van der Waals surface area contributed by atoms with E-state index < -0.39 is 4.92 Å². The molecule has 72 valence electrons. The van der Waals surface area contributed by atoms with Gasteiger partial charge in [-0.1, -0.05) is 0 Å². The van der Waals surface area contributed by atoms with Crippen molar-refractivity contribution in [1.82, 2.24) is 0 Å². The first-order chi connectivity index (χ1) is 6.61. The van der Waals surface area contributed by atoms with Gasteiger partial charge >= 0.3 is 5.69 Å². The Hall–Kier alpha value is -1.14. The number of nitrogen functional groups attached to an aromatic ring is 1. The average molecular weight is 273 g/mol. The summed E-state index contributed by atoms with van der Waals surface area (Å²) in [5.74, 6) is 0. The number of hydrogen-bond donors (Lipinski definition) is 1. The van der Waals surface area contributed by atoms with E-state index in [-0.39, 0.29) is 11.4 Å². The zero-order chi connectivity index (χ0) is 10.3. The first-order valence-corrected chi connectivity index (χ1v) is 5.38. The molecular weight excluding hydrogens is 268 g/mol. The van der Waals surface area contributed by atoms with Gasteiger partial charge in [0, 0.05) is 4.47 Å². The molecule has 0 atom stereocenters. The van der Waals surface area contributed by atoms with Gasteiger partial charge in [0.25, 0.3) is 0 Å². The second kappa shape index (κ2) is 3.21. The highest BCUT2D eigenvalue weighted by Gasteiger charge is 2.19. The Morgan fingerprint density at radius 2 is 2.29 bits per heavy atom. The summed E-state index contributed by atoms with van der Waals surface area (Å²) in [5, 5.41) is 13.2. The molecule has 14 heavy (non-hydrogen) atoms. The number of thiophene rings is 1. The fourth-order valence-corrected chi connectivity index (χ4v) is 2.85. The SMILES string of the molecule is Nc1cc(Br)c2sccc2c1[N+](=O)[O-]. The molecule has 2 rings (SSSR count). The minimum Gasteiger partial charge on any atom is -0.393 e. The number of benzene rings is 1. The van der Waals surface area contributed by atoms with E-state index in [1.54, 1.807) is 12.1 Å². The van der Waals surface area contributed by atoms with Crippen molar-refractivity contribution in [3.05, 3.63) is 32.1 Å². The summed E-state index contributed by atoms with van der Waals surface area (Å²) in [4.78, 5) is 10.3. The Bertz CT molecular complexity index is 523. The third-order valence-corrected chi connectivity index (χ3v) is 3.71. The molecule has 1 aromatic heterocycles. The van der Waals surface area contributed by atoms with Gasteiger partial charge < -0.3 is 5.73 Å². The third-order valence-electron chi connectivity index (χ3n) is 1.88. The lowest BCUT2D eigenvalue weighted by atomic mass is 10.2. The third kappa shape index (κ3) is 1.27. The van der Waals surface area contributed by atoms with Crippen LogP contribution in [0, 0.1) is 10.1 Å². The largest absolute Gasteiger partial charge is 0.393 e. The van der Waals surface area contributed by atoms with Crippen LogP contribution in [0.4, 0.5) is 11.4 Å². The first-order valence-electron chi connectivity index (χ1n) is 3.71. The minimum atomic E-state index is -0.448. The van der Waals surface area contributed by atoms with Crippen LogP contribution >= 0.6 is 27.3 Å². The van der Waals surface area contributed by atoms with E-state index >= 15 is 0 Å². The molecule has 2 N–H and O–H groups in total. The fraction of sp³-hybridized carbons (Fsp3) is 0. The summed E-state index contributed by atoms with van der Waals surface area (Å²) in [6, 6.07) is 3.27. The Labute approximate surface area is 91.6 Å². The van der Waals surface area contributed by atoms with Gasteiger partial charge in [0.05, 0.1) is 15.0 Å². The van der Waals surface area contributed by atoms with Crippen molar-refractivity contribution in [3.63, 3.8) is 0 Å². The van der Waals surface area contributed by atoms with Gasteiger partial charge in [-0.3, -0.25) is 10.1 Å². The van der Waals surface area contributed by atoms with Crippen LogP contribution in [0.15, 0.2) is 22.0 Å². The molecule has 0 saturated heterocycles. The molecule has 1 heterocycles. The van der Waals surface area contributed by atoms with E-state index in [4.69, 9.17) is 5.73 Å². The monoisotopic (exact) mass is 272 g/mol. The van der Waals surface area contributed by atoms with Gasteiger partial charge in [-0.25, -0.2) is 0 Å². The summed E-state index contributed by atoms with van der Waals surface area (Å²) < 4.78 is 1.65. The van der Waals surface area contributed by atoms with Crippen LogP contribution in [0.25, 0.3) is 10.1 Å². The molecule has 0 unspecified atom stereocenters. The van der Waals surface area contributed by atoms with E-state index in [9.17, 15) is 10.1 Å². The van der Waals surface area contributed by atoms with Gasteiger partial charge in [-0.05, 0) is 33.4 Å². The quantitative estimate of drug-likeness (QED) is 0.493. The summed E-state index contributed by atoms with van der Waals surface area (Å²) in [5.41, 5.74) is 5.76. The number of nitrogens with two attached hydrogens (primary N) is 1. The zero-order valence-corrected chi connectivity index (χ0v) is 9.26. The van der Waals surface area contributed by atoms with E-state index in [1.165, 1.54) is 11.3 Å². The van der Waals surface area contributed by atoms with Crippen LogP contribution in [0.2, 0.25) is 0 Å². The number of nitrogens with zero attached hydrogens (tertiary/aromatic N) is 1. The van der Waals surface area contributed by atoms with Gasteiger partial charge in [-0.2, -0.15) is 0 Å². The second-order valence-corrected chi connectivity index (χ2v) is 4.49. The normalized spacial score (nSPS) is 10.6. The fourth-order valence-electron chi connectivity index (χ4n) is 1.31. The van der Waals surface area contributed by atoms with Crippen molar-refractivity contribution in [2.24, 2.45) is 0 Å². The molecule has 0 spiro atoms. The molecule has 0 fully saturated rings. The Kier molecular flexibility index (Phi) is 2.16. The highest BCUT2D eigenvalue weighted by atomic mass is 79.9. The van der Waals surface area contributed by atoms with Crippen molar-refractivity contribution in [3.8, 4) is 0 Å². The smallest absolute Gasteiger partial charge is 0.300 e. The van der Waals surface area contributed by atoms with Crippen LogP contribution in [0.3, 0.4) is 0 Å². The average Bonchev–Trinajstić information content (AvgIpc) is 2.51. The van der Waals surface area contributed by atoms with Crippen LogP contribution in [0.5, 0.6) is 0 Å². The first kappa shape index (κ1) is 9.42. The number of hydrogen-bond acceptors (Lipinski definition) is 4. The highest BCUT2D eigenvalue weighted by molar-refractivity contribution is 9.10. The van der Waals surface area contributed by atoms with Crippen LogP contribution in [-0.4, -0.2) is 4.92 Å². The van der Waals surface area contributed by atoms with Crippen LogP contribution < -0.4 is 5.73 Å². The molecular formula is C8H5BrN2O2S. The van der Waals surface area contributed by atoms with Crippen LogP contribution in [-0.2, 0) is 0 Å². The van der Waals surface area contributed by atoms with E-state index in [2.05, 4.69) is 15.9 Å². The molecule has 2 aromatic rings. The van der Waals surface area contributed by atoms with Crippen molar-refractivity contribution >= 4 is 48.7 Å². The van der Waals surface area contributed by atoms with Crippen molar-refractivity contribution in [2.45, 2.75) is 0 Å². The number of nitro benzene ring substituents is 1. The van der Waals surface area contributed by atoms with Crippen molar-refractivity contribution in [1.29, 1.82) is 0 Å². The Morgan fingerprint density at radius 3 is 2.93 bits per heavy atom. The number of fused-ring (bicyclic) bond motifs is 1. The highest BCUT2D eigenvalue weighted by Crippen LogP contribution is 2.39. The molecule has 0 saturated carbocycles. The summed E-state index contributed by atoms with van der Waals surface area (Å²) in [7, 11) is 0. The van der Waals surface area contributed by atoms with Crippen molar-refractivity contribution < 1.29 is 4.92 Å². The van der Waals surface area contributed by atoms with E-state index in [0.29, 0.717) is 5.39 Å². The maximum absolute atomic E-state index is 10.8. The van der Waals surface area contributed by atoms with Gasteiger partial charge in [0.1, 0.15) is 5.69 Å². The molecule has 0 radical (unpaired) electrons. The number of rotatable bonds is 1. The molecule has 0 amide bonds. The van der Waals surface area contributed by atoms with Gasteiger partial charge in [0.15, 0.2) is 0 Å². The maximum atomic E-state index is 10.8. The molecule has 6 heteroatoms. The standard InChI is InChI=1S/C8H5BrN2O2S/c9-5-3-6(10)7(11(12)13)4-1-2-14-8(4)5/h1-3H,10H2. The number of halogens is 1. The van der Waals surface area contributed by atoms with E-state index in [0.717, 1.165) is 9.17 Å². The zero-order valence-electron chi connectivity index (χ0n) is 6.86. The summed E-state index contributed by atoms with van der Waals surface area (Å²) >= 11 is 4.77. The van der Waals surface area contributed by atoms with E-state index in [1.807, 2.05) is 5.38 Å². The number of nitro groups is 1.